The van der Waals surface area contributed by atoms with Gasteiger partial charge in [-0.2, -0.15) is 0 Å². The number of imide groups is 1. The van der Waals surface area contributed by atoms with Gasteiger partial charge in [-0.25, -0.2) is 9.69 Å². The lowest BCUT2D eigenvalue weighted by molar-refractivity contribution is -0.135. The third kappa shape index (κ3) is 2.16. The summed E-state index contributed by atoms with van der Waals surface area (Å²) in [5, 5.41) is 12.9. The molecule has 3 amide bonds. The summed E-state index contributed by atoms with van der Waals surface area (Å²) in [5.74, 6) is -3.98. The van der Waals surface area contributed by atoms with Crippen LogP contribution in [0.15, 0.2) is 42.5 Å². The Balaban J connectivity index is 1.56. The number of anilines is 2. The first-order valence-corrected chi connectivity index (χ1v) is 10.8. The number of hydrogen-bond donors (Lipinski definition) is 2. The molecule has 0 bridgehead atoms. The van der Waals surface area contributed by atoms with Crippen molar-refractivity contribution in [2.45, 2.75) is 24.4 Å². The number of halogens is 1. The number of fused-ring (bicyclic) bond motifs is 7. The van der Waals surface area contributed by atoms with E-state index in [0.29, 0.717) is 29.2 Å². The zero-order chi connectivity index (χ0) is 22.4. The Morgan fingerprint density at radius 1 is 1.09 bits per heavy atom. The summed E-state index contributed by atoms with van der Waals surface area (Å²) in [6.07, 6.45) is 1.48. The minimum atomic E-state index is -1.40. The molecule has 4 aliphatic heterocycles. The number of carboxylic acid groups (broad SMARTS) is 1. The fraction of sp³-hybridized carbons (Fsp3) is 0.304. The lowest BCUT2D eigenvalue weighted by Gasteiger charge is -2.36. The predicted molar refractivity (Wildman–Crippen MR) is 114 cm³/mol. The first-order valence-electron chi connectivity index (χ1n) is 10.5. The van der Waals surface area contributed by atoms with Crippen molar-refractivity contribution in [3.05, 3.63) is 58.6 Å². The smallest absolute Gasteiger partial charge is 0.337 e. The molecule has 162 valence electrons. The number of rotatable bonds is 2. The Kier molecular flexibility index (Phi) is 3.89. The number of carboxylic acids is 1. The summed E-state index contributed by atoms with van der Waals surface area (Å²) >= 11 is 5.98. The Hall–Kier alpha value is -3.23. The first-order chi connectivity index (χ1) is 15.4. The van der Waals surface area contributed by atoms with Crippen LogP contribution in [0.1, 0.15) is 28.8 Å². The maximum Gasteiger partial charge on any atom is 0.337 e. The normalized spacial score (nSPS) is 30.6. The van der Waals surface area contributed by atoms with Crippen molar-refractivity contribution in [2.24, 2.45) is 11.8 Å². The van der Waals surface area contributed by atoms with Gasteiger partial charge in [-0.15, -0.1) is 0 Å². The predicted octanol–water partition coefficient (Wildman–Crippen LogP) is 2.47. The zero-order valence-corrected chi connectivity index (χ0v) is 17.5. The van der Waals surface area contributed by atoms with Gasteiger partial charge in [0.05, 0.1) is 28.8 Å². The lowest BCUT2D eigenvalue weighted by atomic mass is 9.75. The number of hydrogen-bond acceptors (Lipinski definition) is 5. The number of nitrogens with zero attached hydrogens (tertiary/aromatic N) is 2. The molecule has 0 unspecified atom stereocenters. The molecule has 2 N–H and O–H groups in total. The van der Waals surface area contributed by atoms with Crippen LogP contribution in [0.3, 0.4) is 0 Å². The van der Waals surface area contributed by atoms with Gasteiger partial charge in [0.2, 0.25) is 11.8 Å². The molecule has 2 aromatic carbocycles. The zero-order valence-electron chi connectivity index (χ0n) is 16.7. The molecule has 4 heterocycles. The summed E-state index contributed by atoms with van der Waals surface area (Å²) in [4.78, 5) is 55.9. The Morgan fingerprint density at radius 3 is 2.56 bits per heavy atom. The molecule has 6 rings (SSSR count). The molecular weight excluding hydrogens is 434 g/mol. The average molecular weight is 452 g/mol. The Labute approximate surface area is 187 Å². The van der Waals surface area contributed by atoms with Crippen LogP contribution in [0.5, 0.6) is 0 Å². The van der Waals surface area contributed by atoms with E-state index < -0.39 is 35.2 Å². The van der Waals surface area contributed by atoms with E-state index in [9.17, 15) is 24.3 Å². The maximum atomic E-state index is 13.8. The quantitative estimate of drug-likeness (QED) is 0.679. The average Bonchev–Trinajstić information content (AvgIpc) is 3.47. The van der Waals surface area contributed by atoms with Crippen molar-refractivity contribution in [1.82, 2.24) is 4.90 Å². The van der Waals surface area contributed by atoms with Gasteiger partial charge in [-0.1, -0.05) is 23.7 Å². The molecule has 9 heteroatoms. The molecule has 4 atom stereocenters. The molecule has 4 aliphatic rings. The highest BCUT2D eigenvalue weighted by molar-refractivity contribution is 6.31. The van der Waals surface area contributed by atoms with E-state index in [1.54, 1.807) is 36.4 Å². The van der Waals surface area contributed by atoms with Gasteiger partial charge in [0, 0.05) is 16.6 Å². The van der Waals surface area contributed by atoms with Crippen molar-refractivity contribution in [2.75, 3.05) is 16.8 Å². The summed E-state index contributed by atoms with van der Waals surface area (Å²) < 4.78 is 0. The SMILES string of the molecule is O=C(O)c1cccc2c1NC(=O)[C@@]21[C@H]2C(=O)N(c3ccc(Cl)cc3)C(=O)[C@@H]2[C@H]2CCCN21. The molecule has 1 spiro atoms. The molecular formula is C23H18ClN3O5. The number of carbonyl (C=O) groups is 4. The first kappa shape index (κ1) is 19.5. The minimum Gasteiger partial charge on any atom is -0.478 e. The van der Waals surface area contributed by atoms with E-state index in [1.165, 1.54) is 6.07 Å². The van der Waals surface area contributed by atoms with Crippen molar-refractivity contribution in [3.63, 3.8) is 0 Å². The molecule has 0 aromatic heterocycles. The van der Waals surface area contributed by atoms with E-state index >= 15 is 0 Å². The highest BCUT2D eigenvalue weighted by Gasteiger charge is 2.74. The van der Waals surface area contributed by atoms with Gasteiger partial charge in [0.25, 0.3) is 5.91 Å². The number of aromatic carboxylic acids is 1. The van der Waals surface area contributed by atoms with E-state index in [1.807, 2.05) is 4.90 Å². The third-order valence-corrected chi connectivity index (χ3v) is 7.59. The van der Waals surface area contributed by atoms with Crippen LogP contribution in [-0.4, -0.2) is 46.3 Å². The summed E-state index contributed by atoms with van der Waals surface area (Å²) in [7, 11) is 0. The van der Waals surface area contributed by atoms with E-state index in [-0.39, 0.29) is 23.2 Å². The maximum absolute atomic E-state index is 13.8. The topological polar surface area (TPSA) is 107 Å². The van der Waals surface area contributed by atoms with Crippen molar-refractivity contribution in [3.8, 4) is 0 Å². The van der Waals surface area contributed by atoms with Crippen LogP contribution < -0.4 is 10.2 Å². The van der Waals surface area contributed by atoms with Gasteiger partial charge < -0.3 is 10.4 Å². The molecule has 3 saturated heterocycles. The highest BCUT2D eigenvalue weighted by Crippen LogP contribution is 2.61. The van der Waals surface area contributed by atoms with Crippen LogP contribution >= 0.6 is 11.6 Å². The van der Waals surface area contributed by atoms with Crippen LogP contribution in [0.2, 0.25) is 5.02 Å². The monoisotopic (exact) mass is 451 g/mol. The lowest BCUT2D eigenvalue weighted by Crippen LogP contribution is -2.54. The minimum absolute atomic E-state index is 0.0294. The largest absolute Gasteiger partial charge is 0.478 e. The molecule has 8 nitrogen and oxygen atoms in total. The van der Waals surface area contributed by atoms with Gasteiger partial charge in [-0.3, -0.25) is 19.3 Å². The fourth-order valence-corrected chi connectivity index (χ4v) is 6.38. The number of nitrogens with one attached hydrogen (secondary N) is 1. The van der Waals surface area contributed by atoms with Crippen LogP contribution in [0, 0.1) is 11.8 Å². The number of benzene rings is 2. The molecule has 0 saturated carbocycles. The van der Waals surface area contributed by atoms with Crippen LogP contribution in [0.4, 0.5) is 11.4 Å². The summed E-state index contributed by atoms with van der Waals surface area (Å²) in [6, 6.07) is 10.9. The van der Waals surface area contributed by atoms with Gasteiger partial charge >= 0.3 is 5.97 Å². The van der Waals surface area contributed by atoms with Crippen molar-refractivity contribution < 1.29 is 24.3 Å². The van der Waals surface area contributed by atoms with Gasteiger partial charge in [-0.05, 0) is 49.7 Å². The molecule has 0 aliphatic carbocycles. The second kappa shape index (κ2) is 6.40. The van der Waals surface area contributed by atoms with Gasteiger partial charge in [0.1, 0.15) is 5.54 Å². The van der Waals surface area contributed by atoms with E-state index in [0.717, 1.165) is 11.3 Å². The molecule has 0 radical (unpaired) electrons. The Morgan fingerprint density at radius 2 is 1.84 bits per heavy atom. The molecule has 32 heavy (non-hydrogen) atoms. The third-order valence-electron chi connectivity index (χ3n) is 7.34. The number of amides is 3. The van der Waals surface area contributed by atoms with Gasteiger partial charge in [0.15, 0.2) is 0 Å². The highest BCUT2D eigenvalue weighted by atomic mass is 35.5. The van der Waals surface area contributed by atoms with Crippen molar-refractivity contribution >= 4 is 46.7 Å². The van der Waals surface area contributed by atoms with E-state index in [4.69, 9.17) is 11.6 Å². The second-order valence-electron chi connectivity index (χ2n) is 8.65. The molecule has 3 fully saturated rings. The summed E-state index contributed by atoms with van der Waals surface area (Å²) in [5.41, 5.74) is -0.349. The summed E-state index contributed by atoms with van der Waals surface area (Å²) in [6.45, 7) is 0.559. The standard InChI is InChI=1S/C23H18ClN3O5/c24-11-6-8-12(9-7-11)27-19(28)16-15-5-2-10-26(15)23(17(16)20(27)29)14-4-1-3-13(21(30)31)18(14)25-22(23)32/h1,3-4,6-9,15-17H,2,5,10H2,(H,25,32)(H,30,31)/t15-,16-,17-,23+/m1/s1. The van der Waals surface area contributed by atoms with Crippen LogP contribution in [-0.2, 0) is 19.9 Å². The second-order valence-corrected chi connectivity index (χ2v) is 9.08. The molecule has 2 aromatic rings. The number of carbonyl (C=O) groups excluding carboxylic acids is 3. The fourth-order valence-electron chi connectivity index (χ4n) is 6.25. The van der Waals surface area contributed by atoms with E-state index in [2.05, 4.69) is 5.32 Å². The number of para-hydroxylation sites is 1. The van der Waals surface area contributed by atoms with Crippen molar-refractivity contribution in [1.29, 1.82) is 0 Å². The van der Waals surface area contributed by atoms with Crippen LogP contribution in [0.25, 0.3) is 0 Å². The Bertz CT molecular complexity index is 1230.